The van der Waals surface area contributed by atoms with Crippen LogP contribution in [0.3, 0.4) is 0 Å². The summed E-state index contributed by atoms with van der Waals surface area (Å²) in [4.78, 5) is 5.06. The highest BCUT2D eigenvalue weighted by molar-refractivity contribution is 7.91. The van der Waals surface area contributed by atoms with E-state index in [-0.39, 0.29) is 52.9 Å². The molecule has 37 heavy (non-hydrogen) atoms. The Bertz CT molecular complexity index is 1310. The van der Waals surface area contributed by atoms with Crippen molar-refractivity contribution >= 4 is 27.1 Å². The van der Waals surface area contributed by atoms with Crippen molar-refractivity contribution in [2.75, 3.05) is 29.9 Å². The SMILES string of the molecule is C=C(/C(=N\c1c(C)nnc(N[C@H](C)c2cccc(C(F)(F)F)c2)c1C)C(F)(F)F)N1CCS(=O)(=O)CC1. The average molecular weight is 550 g/mol. The number of alkyl halides is 6. The molecule has 1 aromatic heterocycles. The van der Waals surface area contributed by atoms with Crippen LogP contribution in [-0.4, -0.2) is 60.0 Å². The van der Waals surface area contributed by atoms with Crippen LogP contribution in [0.25, 0.3) is 0 Å². The van der Waals surface area contributed by atoms with Crippen LogP contribution < -0.4 is 5.32 Å². The summed E-state index contributed by atoms with van der Waals surface area (Å²) in [6.07, 6.45) is -9.44. The summed E-state index contributed by atoms with van der Waals surface area (Å²) >= 11 is 0. The van der Waals surface area contributed by atoms with Crippen LogP contribution in [0.4, 0.5) is 37.8 Å². The molecule has 202 valence electrons. The van der Waals surface area contributed by atoms with Gasteiger partial charge in [0.15, 0.2) is 21.4 Å². The van der Waals surface area contributed by atoms with Gasteiger partial charge in [-0.05, 0) is 38.5 Å². The molecule has 0 spiro atoms. The molecule has 1 aliphatic rings. The number of sulfone groups is 1. The molecule has 0 saturated carbocycles. The quantitative estimate of drug-likeness (QED) is 0.396. The van der Waals surface area contributed by atoms with E-state index < -0.39 is 45.2 Å². The number of hydrogen-bond donors (Lipinski definition) is 1. The molecule has 1 atom stereocenters. The van der Waals surface area contributed by atoms with Crippen LogP contribution >= 0.6 is 0 Å². The third kappa shape index (κ3) is 6.79. The lowest BCUT2D eigenvalue weighted by Crippen LogP contribution is -2.43. The second-order valence-electron chi connectivity index (χ2n) is 8.64. The lowest BCUT2D eigenvalue weighted by atomic mass is 10.0. The molecule has 1 aromatic carbocycles. The van der Waals surface area contributed by atoms with Crippen LogP contribution in [0, 0.1) is 13.8 Å². The molecule has 1 aliphatic heterocycles. The monoisotopic (exact) mass is 549 g/mol. The summed E-state index contributed by atoms with van der Waals surface area (Å²) in [6.45, 7) is 7.69. The van der Waals surface area contributed by atoms with Crippen molar-refractivity contribution in [3.63, 3.8) is 0 Å². The predicted molar refractivity (Wildman–Crippen MR) is 128 cm³/mol. The van der Waals surface area contributed by atoms with E-state index in [0.29, 0.717) is 0 Å². The maximum absolute atomic E-state index is 14.0. The maximum Gasteiger partial charge on any atom is 0.435 e. The molecule has 1 N–H and O–H groups in total. The fourth-order valence-electron chi connectivity index (χ4n) is 3.74. The molecule has 0 bridgehead atoms. The standard InChI is InChI=1S/C23H25F6N5O2S/c1-13-19(31-20(23(27,28)29)16(4)34-8-10-37(35,36)11-9-34)15(3)32-33-21(13)30-14(2)17-6-5-7-18(12-17)22(24,25)26/h5-7,12,14H,4,8-11H2,1-3H3,(H,30,33)/b31-20+/t14-/m1/s1. The zero-order chi connectivity index (χ0) is 27.8. The molecule has 0 radical (unpaired) electrons. The Kier molecular flexibility index (Phi) is 7.91. The number of nitrogens with one attached hydrogen (secondary N) is 1. The normalized spacial score (nSPS) is 17.4. The predicted octanol–water partition coefficient (Wildman–Crippen LogP) is 5.16. The number of nitrogens with zero attached hydrogens (tertiary/aromatic N) is 4. The molecule has 2 aromatic rings. The van der Waals surface area contributed by atoms with Crippen molar-refractivity contribution in [1.82, 2.24) is 15.1 Å². The number of aliphatic imine (C=N–C) groups is 1. The number of allylic oxidation sites excluding steroid dienone is 1. The average Bonchev–Trinajstić information content (AvgIpc) is 2.79. The Labute approximate surface area is 210 Å². The first-order valence-electron chi connectivity index (χ1n) is 11.1. The van der Waals surface area contributed by atoms with Gasteiger partial charge in [-0.1, -0.05) is 18.7 Å². The van der Waals surface area contributed by atoms with Gasteiger partial charge in [-0.15, -0.1) is 5.10 Å². The summed E-state index contributed by atoms with van der Waals surface area (Å²) in [5.74, 6) is -0.549. The Hall–Kier alpha value is -3.16. The third-order valence-electron chi connectivity index (χ3n) is 5.91. The molecule has 7 nitrogen and oxygen atoms in total. The Morgan fingerprint density at radius 3 is 2.30 bits per heavy atom. The zero-order valence-electron chi connectivity index (χ0n) is 20.2. The topological polar surface area (TPSA) is 87.6 Å². The highest BCUT2D eigenvalue weighted by Crippen LogP contribution is 2.34. The lowest BCUT2D eigenvalue weighted by Gasteiger charge is -2.31. The van der Waals surface area contributed by atoms with Gasteiger partial charge in [-0.25, -0.2) is 13.4 Å². The van der Waals surface area contributed by atoms with Gasteiger partial charge in [0.2, 0.25) is 0 Å². The Balaban J connectivity index is 1.95. The van der Waals surface area contributed by atoms with Crippen molar-refractivity contribution < 1.29 is 34.8 Å². The molecule has 1 fully saturated rings. The minimum absolute atomic E-state index is 0.0467. The molecule has 0 amide bonds. The van der Waals surface area contributed by atoms with E-state index in [1.54, 1.807) is 6.92 Å². The number of aromatic nitrogens is 2. The molecule has 2 heterocycles. The molecule has 0 unspecified atom stereocenters. The first kappa shape index (κ1) is 28.4. The number of rotatable bonds is 6. The summed E-state index contributed by atoms with van der Waals surface area (Å²) in [5.41, 5.74) is -2.17. The van der Waals surface area contributed by atoms with Crippen LogP contribution in [0.1, 0.15) is 35.3 Å². The van der Waals surface area contributed by atoms with Gasteiger partial charge >= 0.3 is 12.4 Å². The number of halogens is 6. The van der Waals surface area contributed by atoms with Gasteiger partial charge in [0, 0.05) is 18.7 Å². The van der Waals surface area contributed by atoms with Gasteiger partial charge in [0.25, 0.3) is 0 Å². The van der Waals surface area contributed by atoms with Gasteiger partial charge in [-0.2, -0.15) is 31.4 Å². The van der Waals surface area contributed by atoms with Gasteiger partial charge in [-0.3, -0.25) is 0 Å². The van der Waals surface area contributed by atoms with E-state index >= 15 is 0 Å². The molecule has 14 heteroatoms. The number of benzene rings is 1. The van der Waals surface area contributed by atoms with Crippen molar-refractivity contribution in [3.05, 3.63) is 58.9 Å². The fourth-order valence-corrected chi connectivity index (χ4v) is 4.94. The van der Waals surface area contributed by atoms with Crippen molar-refractivity contribution in [2.45, 2.75) is 39.2 Å². The summed E-state index contributed by atoms with van der Waals surface area (Å²) < 4.78 is 105. The van der Waals surface area contributed by atoms with Crippen molar-refractivity contribution in [2.24, 2.45) is 4.99 Å². The van der Waals surface area contributed by atoms with E-state index in [9.17, 15) is 34.8 Å². The van der Waals surface area contributed by atoms with Crippen LogP contribution in [0.2, 0.25) is 0 Å². The summed E-state index contributed by atoms with van der Waals surface area (Å²) in [7, 11) is -3.33. The van der Waals surface area contributed by atoms with Crippen molar-refractivity contribution in [1.29, 1.82) is 0 Å². The minimum Gasteiger partial charge on any atom is -0.368 e. The Morgan fingerprint density at radius 2 is 1.73 bits per heavy atom. The van der Waals surface area contributed by atoms with Crippen molar-refractivity contribution in [3.8, 4) is 0 Å². The number of aryl methyl sites for hydroxylation is 1. The smallest absolute Gasteiger partial charge is 0.368 e. The van der Waals surface area contributed by atoms with Crippen LogP contribution in [0.15, 0.2) is 41.5 Å². The third-order valence-corrected chi connectivity index (χ3v) is 7.52. The second-order valence-corrected chi connectivity index (χ2v) is 10.9. The number of hydrogen-bond acceptors (Lipinski definition) is 7. The van der Waals surface area contributed by atoms with Gasteiger partial charge in [0.05, 0.1) is 40.2 Å². The fraction of sp³-hybridized carbons (Fsp3) is 0.435. The first-order chi connectivity index (χ1) is 17.0. The van der Waals surface area contributed by atoms with E-state index in [0.717, 1.165) is 12.1 Å². The molecule has 1 saturated heterocycles. The second kappa shape index (κ2) is 10.3. The largest absolute Gasteiger partial charge is 0.435 e. The highest BCUT2D eigenvalue weighted by Gasteiger charge is 2.40. The van der Waals surface area contributed by atoms with Gasteiger partial charge in [0.1, 0.15) is 0 Å². The molecule has 3 rings (SSSR count). The molecular weight excluding hydrogens is 524 g/mol. The lowest BCUT2D eigenvalue weighted by molar-refractivity contribution is -0.137. The van der Waals surface area contributed by atoms with Crippen LogP contribution in [-0.2, 0) is 16.0 Å². The molecular formula is C23H25F6N5O2S. The van der Waals surface area contributed by atoms with E-state index in [1.807, 2.05) is 0 Å². The van der Waals surface area contributed by atoms with Crippen LogP contribution in [0.5, 0.6) is 0 Å². The number of anilines is 1. The Morgan fingerprint density at radius 1 is 1.11 bits per heavy atom. The molecule has 0 aliphatic carbocycles. The van der Waals surface area contributed by atoms with Gasteiger partial charge < -0.3 is 10.2 Å². The first-order valence-corrected chi connectivity index (χ1v) is 12.9. The van der Waals surface area contributed by atoms with E-state index in [1.165, 1.54) is 30.9 Å². The zero-order valence-corrected chi connectivity index (χ0v) is 21.0. The summed E-state index contributed by atoms with van der Waals surface area (Å²) in [5, 5.41) is 10.7. The summed E-state index contributed by atoms with van der Waals surface area (Å²) in [6, 6.07) is 3.95. The van der Waals surface area contributed by atoms with E-state index in [4.69, 9.17) is 0 Å². The highest BCUT2D eigenvalue weighted by atomic mass is 32.2. The van der Waals surface area contributed by atoms with E-state index in [2.05, 4.69) is 27.1 Å². The minimum atomic E-state index is -4.91. The maximum atomic E-state index is 14.0.